The number of nitrogens with one attached hydrogen (secondary N) is 2. The van der Waals surface area contributed by atoms with E-state index < -0.39 is 0 Å². The van der Waals surface area contributed by atoms with Crippen molar-refractivity contribution in [2.75, 3.05) is 58.4 Å². The number of rotatable bonds is 7. The summed E-state index contributed by atoms with van der Waals surface area (Å²) in [5.41, 5.74) is 2.72. The van der Waals surface area contributed by atoms with Crippen molar-refractivity contribution >= 4 is 11.6 Å². The van der Waals surface area contributed by atoms with E-state index in [2.05, 4.69) is 72.6 Å². The minimum absolute atomic E-state index is 0.0828. The van der Waals surface area contributed by atoms with Gasteiger partial charge in [0.1, 0.15) is 0 Å². The average Bonchev–Trinajstić information content (AvgIpc) is 3.28. The minimum atomic E-state index is 0.0828. The lowest BCUT2D eigenvalue weighted by Crippen LogP contribution is -2.51. The van der Waals surface area contributed by atoms with Crippen molar-refractivity contribution in [2.24, 2.45) is 4.99 Å². The Morgan fingerprint density at radius 1 is 1.24 bits per heavy atom. The van der Waals surface area contributed by atoms with Crippen molar-refractivity contribution in [3.63, 3.8) is 0 Å². The maximum Gasteiger partial charge on any atom is 0.191 e. The van der Waals surface area contributed by atoms with Crippen LogP contribution >= 0.6 is 0 Å². The SMILES string of the molecule is CCNC(=NCC1(N(C)C)CCOCC1)NC(C)c1cccc(N2CCCC2)c1. The Morgan fingerprint density at radius 3 is 2.62 bits per heavy atom. The quantitative estimate of drug-likeness (QED) is 0.543. The summed E-state index contributed by atoms with van der Waals surface area (Å²) >= 11 is 0. The van der Waals surface area contributed by atoms with Crippen molar-refractivity contribution in [2.45, 2.75) is 51.1 Å². The molecule has 1 aromatic rings. The smallest absolute Gasteiger partial charge is 0.191 e. The number of ether oxygens (including phenoxy) is 1. The monoisotopic (exact) mass is 401 g/mol. The Morgan fingerprint density at radius 2 is 1.97 bits per heavy atom. The highest BCUT2D eigenvalue weighted by molar-refractivity contribution is 5.80. The van der Waals surface area contributed by atoms with E-state index in [9.17, 15) is 0 Å². The highest BCUT2D eigenvalue weighted by Gasteiger charge is 2.34. The van der Waals surface area contributed by atoms with Crippen LogP contribution in [0.25, 0.3) is 0 Å². The van der Waals surface area contributed by atoms with Crippen LogP contribution in [-0.2, 0) is 4.74 Å². The van der Waals surface area contributed by atoms with Gasteiger partial charge >= 0.3 is 0 Å². The average molecular weight is 402 g/mol. The summed E-state index contributed by atoms with van der Waals surface area (Å²) in [5.74, 6) is 0.888. The zero-order valence-corrected chi connectivity index (χ0v) is 18.7. The first-order chi connectivity index (χ1) is 14.0. The standard InChI is InChI=1S/C23H39N5O/c1-5-24-22(25-18-23(27(3)4)11-15-29-16-12-23)26-19(2)20-9-8-10-21(17-20)28-13-6-7-14-28/h8-10,17,19H,5-7,11-16,18H2,1-4H3,(H2,24,25,26). The minimum Gasteiger partial charge on any atom is -0.381 e. The molecule has 1 aromatic carbocycles. The fraction of sp³-hybridized carbons (Fsp3) is 0.696. The van der Waals surface area contributed by atoms with Gasteiger partial charge < -0.3 is 25.2 Å². The van der Waals surface area contributed by atoms with Crippen LogP contribution in [0.3, 0.4) is 0 Å². The van der Waals surface area contributed by atoms with Crippen molar-refractivity contribution in [1.29, 1.82) is 0 Å². The van der Waals surface area contributed by atoms with Gasteiger partial charge in [-0.25, -0.2) is 0 Å². The van der Waals surface area contributed by atoms with Crippen molar-refractivity contribution in [3.8, 4) is 0 Å². The molecule has 6 nitrogen and oxygen atoms in total. The second-order valence-electron chi connectivity index (χ2n) is 8.58. The van der Waals surface area contributed by atoms with Gasteiger partial charge in [-0.15, -0.1) is 0 Å². The summed E-state index contributed by atoms with van der Waals surface area (Å²) < 4.78 is 5.59. The lowest BCUT2D eigenvalue weighted by Gasteiger charge is -2.41. The van der Waals surface area contributed by atoms with Gasteiger partial charge in [0.25, 0.3) is 0 Å². The predicted octanol–water partition coefficient (Wildman–Crippen LogP) is 3.01. The highest BCUT2D eigenvalue weighted by atomic mass is 16.5. The van der Waals surface area contributed by atoms with Gasteiger partial charge in [0.05, 0.1) is 12.6 Å². The Hall–Kier alpha value is -1.79. The lowest BCUT2D eigenvalue weighted by atomic mass is 9.89. The first kappa shape index (κ1) is 21.9. The van der Waals surface area contributed by atoms with Gasteiger partial charge in [0, 0.05) is 44.1 Å². The highest BCUT2D eigenvalue weighted by Crippen LogP contribution is 2.27. The molecule has 0 amide bonds. The van der Waals surface area contributed by atoms with Gasteiger partial charge in [-0.3, -0.25) is 4.99 Å². The van der Waals surface area contributed by atoms with Crippen LogP contribution in [0.4, 0.5) is 5.69 Å². The molecular formula is C23H39N5O. The molecule has 3 rings (SSSR count). The number of benzene rings is 1. The summed E-state index contributed by atoms with van der Waals surface area (Å²) in [6, 6.07) is 9.13. The fourth-order valence-corrected chi connectivity index (χ4v) is 4.30. The van der Waals surface area contributed by atoms with Crippen LogP contribution in [0.2, 0.25) is 0 Å². The lowest BCUT2D eigenvalue weighted by molar-refractivity contribution is -0.00255. The summed E-state index contributed by atoms with van der Waals surface area (Å²) in [6.45, 7) is 9.94. The molecule has 0 aromatic heterocycles. The molecule has 2 heterocycles. The van der Waals surface area contributed by atoms with Crippen LogP contribution in [0.1, 0.15) is 51.1 Å². The molecule has 0 bridgehead atoms. The van der Waals surface area contributed by atoms with Crippen molar-refractivity contribution < 1.29 is 4.74 Å². The molecule has 0 radical (unpaired) electrons. The zero-order valence-electron chi connectivity index (χ0n) is 18.7. The van der Waals surface area contributed by atoms with E-state index in [0.29, 0.717) is 0 Å². The predicted molar refractivity (Wildman–Crippen MR) is 122 cm³/mol. The van der Waals surface area contributed by atoms with Crippen molar-refractivity contribution in [3.05, 3.63) is 29.8 Å². The molecule has 0 saturated carbocycles. The molecule has 1 atom stereocenters. The topological polar surface area (TPSA) is 52.1 Å². The molecule has 29 heavy (non-hydrogen) atoms. The molecule has 2 aliphatic heterocycles. The van der Waals surface area contributed by atoms with Crippen LogP contribution in [-0.4, -0.2) is 69.9 Å². The molecule has 2 saturated heterocycles. The molecule has 6 heteroatoms. The number of nitrogens with zero attached hydrogens (tertiary/aromatic N) is 3. The summed E-state index contributed by atoms with van der Waals surface area (Å²) in [6.07, 6.45) is 4.65. The van der Waals surface area contributed by atoms with Crippen LogP contribution < -0.4 is 15.5 Å². The van der Waals surface area contributed by atoms with E-state index in [-0.39, 0.29) is 11.6 Å². The number of likely N-dealkylation sites (N-methyl/N-ethyl adjacent to an activating group) is 1. The molecule has 0 spiro atoms. The third-order valence-electron chi connectivity index (χ3n) is 6.44. The van der Waals surface area contributed by atoms with E-state index in [4.69, 9.17) is 9.73 Å². The first-order valence-corrected chi connectivity index (χ1v) is 11.2. The number of anilines is 1. The third-order valence-corrected chi connectivity index (χ3v) is 6.44. The number of aliphatic imine (C=N–C) groups is 1. The number of guanidine groups is 1. The van der Waals surface area contributed by atoms with Gasteiger partial charge in [-0.2, -0.15) is 0 Å². The van der Waals surface area contributed by atoms with Crippen LogP contribution in [0.15, 0.2) is 29.3 Å². The van der Waals surface area contributed by atoms with E-state index in [0.717, 1.165) is 45.1 Å². The van der Waals surface area contributed by atoms with Crippen molar-refractivity contribution in [1.82, 2.24) is 15.5 Å². The van der Waals surface area contributed by atoms with Gasteiger partial charge in [0.2, 0.25) is 0 Å². The Balaban J connectivity index is 1.69. The second-order valence-corrected chi connectivity index (χ2v) is 8.58. The Bertz CT molecular complexity index is 663. The molecule has 162 valence electrons. The Labute approximate surface area is 176 Å². The summed E-state index contributed by atoms with van der Waals surface area (Å²) in [5, 5.41) is 7.05. The van der Waals surface area contributed by atoms with Crippen LogP contribution in [0.5, 0.6) is 0 Å². The fourth-order valence-electron chi connectivity index (χ4n) is 4.30. The summed E-state index contributed by atoms with van der Waals surface area (Å²) in [7, 11) is 4.32. The molecule has 1 unspecified atom stereocenters. The maximum absolute atomic E-state index is 5.59. The first-order valence-electron chi connectivity index (χ1n) is 11.2. The van der Waals surface area contributed by atoms with Gasteiger partial charge in [-0.05, 0) is 71.3 Å². The third kappa shape index (κ3) is 5.64. The van der Waals surface area contributed by atoms with Gasteiger partial charge in [0.15, 0.2) is 5.96 Å². The largest absolute Gasteiger partial charge is 0.381 e. The van der Waals surface area contributed by atoms with E-state index in [1.807, 2.05) is 0 Å². The molecular weight excluding hydrogens is 362 g/mol. The number of hydrogen-bond donors (Lipinski definition) is 2. The maximum atomic E-state index is 5.59. The molecule has 2 N–H and O–H groups in total. The number of hydrogen-bond acceptors (Lipinski definition) is 4. The van der Waals surface area contributed by atoms with E-state index in [1.165, 1.54) is 37.2 Å². The Kier molecular flexibility index (Phi) is 7.78. The molecule has 2 aliphatic rings. The second kappa shape index (κ2) is 10.3. The molecule has 2 fully saturated rings. The molecule has 0 aliphatic carbocycles. The van der Waals surface area contributed by atoms with Crippen LogP contribution in [0, 0.1) is 0 Å². The van der Waals surface area contributed by atoms with E-state index in [1.54, 1.807) is 0 Å². The normalized spacial score (nSPS) is 20.7. The van der Waals surface area contributed by atoms with E-state index >= 15 is 0 Å². The zero-order chi connectivity index (χ0) is 20.7. The summed E-state index contributed by atoms with van der Waals surface area (Å²) in [4.78, 5) is 9.80. The van der Waals surface area contributed by atoms with Gasteiger partial charge in [-0.1, -0.05) is 12.1 Å².